The van der Waals surface area contributed by atoms with Gasteiger partial charge >= 0.3 is 0 Å². The third-order valence-corrected chi connectivity index (χ3v) is 4.53. The van der Waals surface area contributed by atoms with Gasteiger partial charge in [-0.2, -0.15) is 0 Å². The number of carbonyl (C=O) groups excluding carboxylic acids is 2. The van der Waals surface area contributed by atoms with Crippen molar-refractivity contribution in [1.29, 1.82) is 0 Å². The number of para-hydroxylation sites is 1. The number of amides is 2. The molecular formula is C22H19N5O3. The molecule has 0 radical (unpaired) electrons. The zero-order valence-corrected chi connectivity index (χ0v) is 16.0. The lowest BCUT2D eigenvalue weighted by molar-refractivity contribution is 0.0948. The van der Waals surface area contributed by atoms with Crippen LogP contribution in [0.2, 0.25) is 0 Å². The lowest BCUT2D eigenvalue weighted by atomic mass is 10.1. The number of pyridine rings is 1. The Morgan fingerprint density at radius 2 is 1.83 bits per heavy atom. The van der Waals surface area contributed by atoms with E-state index in [9.17, 15) is 9.59 Å². The first-order chi connectivity index (χ1) is 14.6. The number of rotatable bonds is 7. The average molecular weight is 401 g/mol. The summed E-state index contributed by atoms with van der Waals surface area (Å²) in [6.07, 6.45) is 1.85. The van der Waals surface area contributed by atoms with Crippen molar-refractivity contribution >= 4 is 17.5 Å². The molecule has 8 heteroatoms. The van der Waals surface area contributed by atoms with Gasteiger partial charge in [-0.15, -0.1) is 10.2 Å². The van der Waals surface area contributed by atoms with Crippen LogP contribution in [0, 0.1) is 0 Å². The maximum Gasteiger partial charge on any atom is 0.252 e. The summed E-state index contributed by atoms with van der Waals surface area (Å²) in [7, 11) is 0. The molecule has 0 saturated heterocycles. The van der Waals surface area contributed by atoms with Gasteiger partial charge in [0, 0.05) is 11.8 Å². The number of nitrogens with one attached hydrogen (secondary N) is 1. The molecule has 3 N–H and O–H groups in total. The first-order valence-electron chi connectivity index (χ1n) is 9.29. The number of carbonyl (C=O) groups is 2. The lowest BCUT2D eigenvalue weighted by Gasteiger charge is -2.10. The van der Waals surface area contributed by atoms with Gasteiger partial charge in [-0.05, 0) is 42.0 Å². The van der Waals surface area contributed by atoms with E-state index in [0.717, 1.165) is 11.2 Å². The zero-order valence-electron chi connectivity index (χ0n) is 16.0. The monoisotopic (exact) mass is 401 g/mol. The predicted octanol–water partition coefficient (Wildman–Crippen LogP) is 2.34. The van der Waals surface area contributed by atoms with Crippen LogP contribution in [0.3, 0.4) is 0 Å². The highest BCUT2D eigenvalue weighted by atomic mass is 16.5. The number of ether oxygens (including phenoxy) is 1. The summed E-state index contributed by atoms with van der Waals surface area (Å²) in [6, 6.07) is 19.4. The highest BCUT2D eigenvalue weighted by Gasteiger charge is 2.11. The van der Waals surface area contributed by atoms with Crippen molar-refractivity contribution in [2.75, 3.05) is 0 Å². The molecule has 0 aliphatic heterocycles. The van der Waals surface area contributed by atoms with Gasteiger partial charge in [0.25, 0.3) is 11.8 Å². The van der Waals surface area contributed by atoms with Gasteiger partial charge in [-0.25, -0.2) is 0 Å². The van der Waals surface area contributed by atoms with Crippen molar-refractivity contribution in [2.24, 2.45) is 5.73 Å². The molecule has 0 bridgehead atoms. The first-order valence-corrected chi connectivity index (χ1v) is 9.29. The van der Waals surface area contributed by atoms with Crippen LogP contribution in [-0.4, -0.2) is 26.4 Å². The van der Waals surface area contributed by atoms with E-state index < -0.39 is 5.91 Å². The van der Waals surface area contributed by atoms with E-state index in [0.29, 0.717) is 22.7 Å². The van der Waals surface area contributed by atoms with Crippen LogP contribution in [0.4, 0.5) is 0 Å². The Bertz CT molecular complexity index is 1220. The second-order valence-electron chi connectivity index (χ2n) is 6.58. The van der Waals surface area contributed by atoms with Crippen LogP contribution in [0.1, 0.15) is 32.1 Å². The summed E-state index contributed by atoms with van der Waals surface area (Å²) >= 11 is 0. The van der Waals surface area contributed by atoms with E-state index >= 15 is 0 Å². The highest BCUT2D eigenvalue weighted by Crippen LogP contribution is 2.19. The molecule has 150 valence electrons. The smallest absolute Gasteiger partial charge is 0.252 e. The highest BCUT2D eigenvalue weighted by molar-refractivity contribution is 5.95. The van der Waals surface area contributed by atoms with E-state index in [-0.39, 0.29) is 19.1 Å². The molecule has 0 fully saturated rings. The van der Waals surface area contributed by atoms with Crippen molar-refractivity contribution in [1.82, 2.24) is 19.9 Å². The summed E-state index contributed by atoms with van der Waals surface area (Å²) in [6.45, 7) is 0.441. The maximum atomic E-state index is 12.6. The summed E-state index contributed by atoms with van der Waals surface area (Å²) in [5.74, 6) is 0.252. The van der Waals surface area contributed by atoms with E-state index in [2.05, 4.69) is 15.5 Å². The van der Waals surface area contributed by atoms with Crippen molar-refractivity contribution in [3.8, 4) is 5.75 Å². The SMILES string of the molecule is NC(=O)c1ccccc1OCc1cccc(C(=O)NCc2nnc3ccccn23)c1. The number of nitrogens with two attached hydrogens (primary N) is 1. The molecule has 2 aromatic heterocycles. The predicted molar refractivity (Wildman–Crippen MR) is 110 cm³/mol. The van der Waals surface area contributed by atoms with Crippen molar-refractivity contribution in [3.05, 3.63) is 95.4 Å². The number of primary amides is 1. The number of benzene rings is 2. The molecule has 2 heterocycles. The van der Waals surface area contributed by atoms with Crippen molar-refractivity contribution < 1.29 is 14.3 Å². The molecule has 0 aliphatic carbocycles. The normalized spacial score (nSPS) is 10.7. The van der Waals surface area contributed by atoms with Gasteiger partial charge in [-0.3, -0.25) is 14.0 Å². The van der Waals surface area contributed by atoms with E-state index in [1.165, 1.54) is 0 Å². The Labute approximate surface area is 172 Å². The number of fused-ring (bicyclic) bond motifs is 1. The number of aromatic nitrogens is 3. The van der Waals surface area contributed by atoms with Crippen LogP contribution in [0.5, 0.6) is 5.75 Å². The molecule has 30 heavy (non-hydrogen) atoms. The van der Waals surface area contributed by atoms with Gasteiger partial charge in [0.05, 0.1) is 12.1 Å². The quantitative estimate of drug-likeness (QED) is 0.494. The van der Waals surface area contributed by atoms with Crippen molar-refractivity contribution in [2.45, 2.75) is 13.2 Å². The molecule has 0 unspecified atom stereocenters. The molecule has 2 aromatic carbocycles. The third-order valence-electron chi connectivity index (χ3n) is 4.53. The molecule has 0 spiro atoms. The van der Waals surface area contributed by atoms with Gasteiger partial charge in [0.15, 0.2) is 11.5 Å². The van der Waals surface area contributed by atoms with Crippen LogP contribution in [0.25, 0.3) is 5.65 Å². The minimum atomic E-state index is -0.556. The van der Waals surface area contributed by atoms with Gasteiger partial charge in [-0.1, -0.05) is 30.3 Å². The fourth-order valence-corrected chi connectivity index (χ4v) is 3.03. The zero-order chi connectivity index (χ0) is 20.9. The minimum absolute atomic E-state index is 0.195. The second kappa shape index (κ2) is 8.44. The molecule has 8 nitrogen and oxygen atoms in total. The number of hydrogen-bond acceptors (Lipinski definition) is 5. The van der Waals surface area contributed by atoms with Crippen molar-refractivity contribution in [3.63, 3.8) is 0 Å². The summed E-state index contributed by atoms with van der Waals surface area (Å²) < 4.78 is 7.55. The Morgan fingerprint density at radius 1 is 1.00 bits per heavy atom. The van der Waals surface area contributed by atoms with Crippen LogP contribution < -0.4 is 15.8 Å². The Hall–Kier alpha value is -4.20. The second-order valence-corrected chi connectivity index (χ2v) is 6.58. The maximum absolute atomic E-state index is 12.6. The molecular weight excluding hydrogens is 382 g/mol. The fourth-order valence-electron chi connectivity index (χ4n) is 3.03. The molecule has 2 amide bonds. The van der Waals surface area contributed by atoms with Crippen LogP contribution in [-0.2, 0) is 13.2 Å². The standard InChI is InChI=1S/C22H19N5O3/c23-21(28)17-8-1-2-9-18(17)30-14-15-6-5-7-16(12-15)22(29)24-13-20-26-25-19-10-3-4-11-27(19)20/h1-12H,13-14H2,(H2,23,28)(H,24,29). The third kappa shape index (κ3) is 4.12. The van der Waals surface area contributed by atoms with E-state index in [4.69, 9.17) is 10.5 Å². The summed E-state index contributed by atoms with van der Waals surface area (Å²) in [5, 5.41) is 11.0. The molecule has 0 aliphatic rings. The van der Waals surface area contributed by atoms with E-state index in [1.54, 1.807) is 42.5 Å². The average Bonchev–Trinajstić information content (AvgIpc) is 3.19. The lowest BCUT2D eigenvalue weighted by Crippen LogP contribution is -2.24. The molecule has 4 rings (SSSR count). The Morgan fingerprint density at radius 3 is 2.70 bits per heavy atom. The minimum Gasteiger partial charge on any atom is -0.488 e. The largest absolute Gasteiger partial charge is 0.488 e. The van der Waals surface area contributed by atoms with Gasteiger partial charge < -0.3 is 15.8 Å². The fraction of sp³-hybridized carbons (Fsp3) is 0.0909. The first kappa shape index (κ1) is 19.1. The summed E-state index contributed by atoms with van der Waals surface area (Å²) in [5.41, 5.74) is 7.68. The van der Waals surface area contributed by atoms with Gasteiger partial charge in [0.1, 0.15) is 12.4 Å². The molecule has 4 aromatic rings. The number of hydrogen-bond donors (Lipinski definition) is 2. The van der Waals surface area contributed by atoms with E-state index in [1.807, 2.05) is 34.9 Å². The number of nitrogens with zero attached hydrogens (tertiary/aromatic N) is 3. The van der Waals surface area contributed by atoms with Gasteiger partial charge in [0.2, 0.25) is 0 Å². The topological polar surface area (TPSA) is 112 Å². The Balaban J connectivity index is 1.41. The van der Waals surface area contributed by atoms with Crippen LogP contribution >= 0.6 is 0 Å². The summed E-state index contributed by atoms with van der Waals surface area (Å²) in [4.78, 5) is 24.1. The Kier molecular flexibility index (Phi) is 5.38. The molecule has 0 atom stereocenters. The van der Waals surface area contributed by atoms with Crippen LogP contribution in [0.15, 0.2) is 72.9 Å². The molecule has 0 saturated carbocycles.